The molecule has 0 radical (unpaired) electrons. The van der Waals surface area contributed by atoms with Crippen molar-refractivity contribution >= 4 is 5.69 Å². The molecule has 1 aliphatic heterocycles. The Bertz CT molecular complexity index is 388. The standard InChI is InChI=1S/C13H18N2O/c16-12-3-1-2-9-4-5-11(15-13(9)12)8-14-10-6-7-10/h1-3,10-11,14-16H,4-8H2. The minimum atomic E-state index is 0.383. The predicted octanol–water partition coefficient (Wildman–Crippen LogP) is 1.87. The van der Waals surface area contributed by atoms with Gasteiger partial charge in [-0.05, 0) is 37.3 Å². The summed E-state index contributed by atoms with van der Waals surface area (Å²) in [6.07, 6.45) is 4.87. The summed E-state index contributed by atoms with van der Waals surface area (Å²) >= 11 is 0. The molecule has 2 aliphatic rings. The van der Waals surface area contributed by atoms with Gasteiger partial charge < -0.3 is 15.7 Å². The fraction of sp³-hybridized carbons (Fsp3) is 0.538. The van der Waals surface area contributed by atoms with E-state index < -0.39 is 0 Å². The van der Waals surface area contributed by atoms with E-state index in [9.17, 15) is 5.11 Å². The van der Waals surface area contributed by atoms with E-state index in [1.807, 2.05) is 6.07 Å². The predicted molar refractivity (Wildman–Crippen MR) is 64.9 cm³/mol. The highest BCUT2D eigenvalue weighted by Gasteiger charge is 2.24. The van der Waals surface area contributed by atoms with Gasteiger partial charge in [-0.15, -0.1) is 0 Å². The zero-order chi connectivity index (χ0) is 11.0. The Morgan fingerprint density at radius 1 is 1.31 bits per heavy atom. The average Bonchev–Trinajstić information content (AvgIpc) is 3.11. The number of aryl methyl sites for hydroxylation is 1. The van der Waals surface area contributed by atoms with E-state index in [1.54, 1.807) is 6.07 Å². The topological polar surface area (TPSA) is 44.3 Å². The van der Waals surface area contributed by atoms with E-state index in [1.165, 1.54) is 18.4 Å². The second kappa shape index (κ2) is 3.98. The number of rotatable bonds is 3. The van der Waals surface area contributed by atoms with Crippen LogP contribution in [-0.4, -0.2) is 23.7 Å². The minimum absolute atomic E-state index is 0.383. The number of aromatic hydroxyl groups is 1. The van der Waals surface area contributed by atoms with Crippen LogP contribution in [0.5, 0.6) is 5.75 Å². The van der Waals surface area contributed by atoms with E-state index in [0.717, 1.165) is 31.1 Å². The summed E-state index contributed by atoms with van der Waals surface area (Å²) in [4.78, 5) is 0. The number of phenolic OH excluding ortho intramolecular Hbond substituents is 1. The first-order valence-corrected chi connectivity index (χ1v) is 6.14. The third kappa shape index (κ3) is 2.00. The van der Waals surface area contributed by atoms with Crippen LogP contribution in [-0.2, 0) is 6.42 Å². The van der Waals surface area contributed by atoms with Gasteiger partial charge in [0.2, 0.25) is 0 Å². The number of benzene rings is 1. The molecule has 0 bridgehead atoms. The fourth-order valence-corrected chi connectivity index (χ4v) is 2.32. The zero-order valence-corrected chi connectivity index (χ0v) is 9.37. The van der Waals surface area contributed by atoms with Gasteiger partial charge in [0.05, 0.1) is 5.69 Å². The van der Waals surface area contributed by atoms with Crippen molar-refractivity contribution in [1.82, 2.24) is 5.32 Å². The Morgan fingerprint density at radius 3 is 3.00 bits per heavy atom. The largest absolute Gasteiger partial charge is 0.506 e. The van der Waals surface area contributed by atoms with Gasteiger partial charge in [0.15, 0.2) is 0 Å². The summed E-state index contributed by atoms with van der Waals surface area (Å²) in [6, 6.07) is 6.97. The maximum atomic E-state index is 9.78. The monoisotopic (exact) mass is 218 g/mol. The summed E-state index contributed by atoms with van der Waals surface area (Å²) in [5, 5.41) is 16.7. The van der Waals surface area contributed by atoms with Crippen molar-refractivity contribution in [3.8, 4) is 5.75 Å². The molecule has 0 amide bonds. The SMILES string of the molecule is Oc1cccc2c1NC(CNC1CC1)CC2. The highest BCUT2D eigenvalue weighted by atomic mass is 16.3. The maximum Gasteiger partial charge on any atom is 0.138 e. The second-order valence-electron chi connectivity index (χ2n) is 4.87. The molecule has 1 aromatic rings. The van der Waals surface area contributed by atoms with Crippen molar-refractivity contribution < 1.29 is 5.11 Å². The number of fused-ring (bicyclic) bond motifs is 1. The Kier molecular flexibility index (Phi) is 2.48. The first-order chi connectivity index (χ1) is 7.83. The van der Waals surface area contributed by atoms with Crippen LogP contribution >= 0.6 is 0 Å². The molecule has 0 spiro atoms. The quantitative estimate of drug-likeness (QED) is 0.679. The molecule has 1 aromatic carbocycles. The molecule has 3 rings (SSSR count). The summed E-state index contributed by atoms with van der Waals surface area (Å²) in [6.45, 7) is 1.01. The summed E-state index contributed by atoms with van der Waals surface area (Å²) in [5.41, 5.74) is 2.18. The fourth-order valence-electron chi connectivity index (χ4n) is 2.32. The van der Waals surface area contributed by atoms with Crippen LogP contribution in [0.2, 0.25) is 0 Å². The third-order valence-corrected chi connectivity index (χ3v) is 3.47. The molecule has 3 heteroatoms. The first-order valence-electron chi connectivity index (χ1n) is 6.14. The molecule has 1 heterocycles. The molecule has 1 fully saturated rings. The van der Waals surface area contributed by atoms with Gasteiger partial charge in [0.25, 0.3) is 0 Å². The smallest absolute Gasteiger partial charge is 0.138 e. The molecular weight excluding hydrogens is 200 g/mol. The molecule has 0 aromatic heterocycles. The van der Waals surface area contributed by atoms with Crippen LogP contribution < -0.4 is 10.6 Å². The second-order valence-corrected chi connectivity index (χ2v) is 4.87. The number of hydrogen-bond donors (Lipinski definition) is 3. The summed E-state index contributed by atoms with van der Waals surface area (Å²) < 4.78 is 0. The molecule has 1 unspecified atom stereocenters. The van der Waals surface area contributed by atoms with Crippen molar-refractivity contribution in [2.45, 2.75) is 37.8 Å². The molecule has 0 saturated heterocycles. The maximum absolute atomic E-state index is 9.78. The lowest BCUT2D eigenvalue weighted by atomic mass is 9.97. The Hall–Kier alpha value is -1.22. The van der Waals surface area contributed by atoms with E-state index in [2.05, 4.69) is 16.7 Å². The van der Waals surface area contributed by atoms with Crippen LogP contribution in [0.1, 0.15) is 24.8 Å². The molecule has 1 aliphatic carbocycles. The number of nitrogens with one attached hydrogen (secondary N) is 2. The van der Waals surface area contributed by atoms with Gasteiger partial charge >= 0.3 is 0 Å². The molecule has 3 nitrogen and oxygen atoms in total. The molecular formula is C13H18N2O. The summed E-state index contributed by atoms with van der Waals surface area (Å²) in [7, 11) is 0. The van der Waals surface area contributed by atoms with E-state index in [0.29, 0.717) is 11.8 Å². The normalized spacial score (nSPS) is 23.6. The molecule has 1 saturated carbocycles. The zero-order valence-electron chi connectivity index (χ0n) is 9.37. The van der Waals surface area contributed by atoms with Crippen LogP contribution in [0.25, 0.3) is 0 Å². The molecule has 86 valence electrons. The average molecular weight is 218 g/mol. The van der Waals surface area contributed by atoms with Gasteiger partial charge in [-0.2, -0.15) is 0 Å². The number of para-hydroxylation sites is 1. The van der Waals surface area contributed by atoms with E-state index in [-0.39, 0.29) is 0 Å². The van der Waals surface area contributed by atoms with Gasteiger partial charge in [0, 0.05) is 18.6 Å². The van der Waals surface area contributed by atoms with Crippen molar-refractivity contribution in [2.24, 2.45) is 0 Å². The van der Waals surface area contributed by atoms with Crippen molar-refractivity contribution in [3.63, 3.8) is 0 Å². The Morgan fingerprint density at radius 2 is 2.19 bits per heavy atom. The lowest BCUT2D eigenvalue weighted by Crippen LogP contribution is -2.36. The lowest BCUT2D eigenvalue weighted by Gasteiger charge is -2.27. The first kappa shape index (κ1) is 9.97. The number of phenols is 1. The van der Waals surface area contributed by atoms with Gasteiger partial charge in [-0.3, -0.25) is 0 Å². The van der Waals surface area contributed by atoms with Crippen LogP contribution in [0.15, 0.2) is 18.2 Å². The highest BCUT2D eigenvalue weighted by Crippen LogP contribution is 2.32. The van der Waals surface area contributed by atoms with Gasteiger partial charge in [-0.25, -0.2) is 0 Å². The van der Waals surface area contributed by atoms with E-state index in [4.69, 9.17) is 0 Å². The van der Waals surface area contributed by atoms with Crippen LogP contribution in [0, 0.1) is 0 Å². The molecule has 3 N–H and O–H groups in total. The Labute approximate surface area is 95.9 Å². The van der Waals surface area contributed by atoms with Crippen molar-refractivity contribution in [2.75, 3.05) is 11.9 Å². The highest BCUT2D eigenvalue weighted by molar-refractivity contribution is 5.63. The van der Waals surface area contributed by atoms with Gasteiger partial charge in [0.1, 0.15) is 5.75 Å². The number of anilines is 1. The number of hydrogen-bond acceptors (Lipinski definition) is 3. The molecule has 16 heavy (non-hydrogen) atoms. The van der Waals surface area contributed by atoms with Crippen LogP contribution in [0.4, 0.5) is 5.69 Å². The third-order valence-electron chi connectivity index (χ3n) is 3.47. The Balaban J connectivity index is 1.67. The van der Waals surface area contributed by atoms with Crippen LogP contribution in [0.3, 0.4) is 0 Å². The summed E-state index contributed by atoms with van der Waals surface area (Å²) in [5.74, 6) is 0.383. The van der Waals surface area contributed by atoms with Gasteiger partial charge in [-0.1, -0.05) is 12.1 Å². The lowest BCUT2D eigenvalue weighted by molar-refractivity contribution is 0.470. The van der Waals surface area contributed by atoms with E-state index >= 15 is 0 Å². The van der Waals surface area contributed by atoms with Crippen molar-refractivity contribution in [1.29, 1.82) is 0 Å². The molecule has 1 atom stereocenters. The van der Waals surface area contributed by atoms with Crippen molar-refractivity contribution in [3.05, 3.63) is 23.8 Å². The minimum Gasteiger partial charge on any atom is -0.506 e.